The summed E-state index contributed by atoms with van der Waals surface area (Å²) < 4.78 is 16.7. The van der Waals surface area contributed by atoms with Gasteiger partial charge in [-0.05, 0) is 36.6 Å². The van der Waals surface area contributed by atoms with Crippen LogP contribution in [0.1, 0.15) is 34.5 Å². The van der Waals surface area contributed by atoms with Gasteiger partial charge in [0, 0.05) is 25.6 Å². The lowest BCUT2D eigenvalue weighted by molar-refractivity contribution is 0.0622. The number of pyridine rings is 1. The lowest BCUT2D eigenvalue weighted by Crippen LogP contribution is -2.41. The average molecular weight is 397 g/mol. The third kappa shape index (κ3) is 4.45. The minimum absolute atomic E-state index is 0.0353. The molecule has 29 heavy (non-hydrogen) atoms. The van der Waals surface area contributed by atoms with E-state index in [1.54, 1.807) is 7.11 Å². The quantitative estimate of drug-likeness (QED) is 0.835. The zero-order chi connectivity index (χ0) is 20.2. The third-order valence-electron chi connectivity index (χ3n) is 5.35. The smallest absolute Gasteiger partial charge is 0.270 e. The number of hydrogen-bond donors (Lipinski definition) is 1. The molecule has 0 spiro atoms. The van der Waals surface area contributed by atoms with Gasteiger partial charge in [0.1, 0.15) is 18.1 Å². The first-order valence-electron chi connectivity index (χ1n) is 10.0. The highest BCUT2D eigenvalue weighted by Gasteiger charge is 2.25. The van der Waals surface area contributed by atoms with Crippen molar-refractivity contribution in [2.24, 2.45) is 0 Å². The fourth-order valence-corrected chi connectivity index (χ4v) is 3.70. The number of anilines is 1. The number of carbonyl (C=O) groups excluding carboxylic acids is 1. The van der Waals surface area contributed by atoms with Crippen molar-refractivity contribution in [1.82, 2.24) is 10.3 Å². The molecule has 1 N–H and O–H groups in total. The summed E-state index contributed by atoms with van der Waals surface area (Å²) in [5.41, 5.74) is 2.48. The van der Waals surface area contributed by atoms with Crippen molar-refractivity contribution in [3.8, 4) is 11.5 Å². The zero-order valence-corrected chi connectivity index (χ0v) is 16.9. The van der Waals surface area contributed by atoms with Crippen LogP contribution in [0.25, 0.3) is 0 Å². The summed E-state index contributed by atoms with van der Waals surface area (Å²) >= 11 is 0. The number of fused-ring (bicyclic) bond motifs is 1. The maximum absolute atomic E-state index is 12.9. The Morgan fingerprint density at radius 3 is 2.86 bits per heavy atom. The van der Waals surface area contributed by atoms with Crippen LogP contribution < -0.4 is 19.7 Å². The molecular weight excluding hydrogens is 370 g/mol. The molecule has 7 nitrogen and oxygen atoms in total. The first-order chi connectivity index (χ1) is 14.1. The lowest BCUT2D eigenvalue weighted by Gasteiger charge is -2.29. The van der Waals surface area contributed by atoms with Gasteiger partial charge in [0.05, 0.1) is 26.3 Å². The van der Waals surface area contributed by atoms with E-state index in [2.05, 4.69) is 10.3 Å². The molecule has 1 aromatic carbocycles. The number of aromatic nitrogens is 1. The Morgan fingerprint density at radius 2 is 2.14 bits per heavy atom. The molecule has 2 aromatic rings. The zero-order valence-electron chi connectivity index (χ0n) is 16.9. The molecule has 154 valence electrons. The Bertz CT molecular complexity index is 863. The van der Waals surface area contributed by atoms with Crippen LogP contribution in [0.4, 0.5) is 5.82 Å². The number of carbonyl (C=O) groups is 1. The molecule has 1 amide bonds. The lowest BCUT2D eigenvalue weighted by atomic mass is 10.0. The van der Waals surface area contributed by atoms with Crippen LogP contribution in [-0.2, 0) is 11.2 Å². The molecule has 0 unspecified atom stereocenters. The monoisotopic (exact) mass is 397 g/mol. The van der Waals surface area contributed by atoms with Crippen molar-refractivity contribution in [3.63, 3.8) is 0 Å². The van der Waals surface area contributed by atoms with Gasteiger partial charge in [0.2, 0.25) is 0 Å². The fourth-order valence-electron chi connectivity index (χ4n) is 3.70. The molecule has 1 atom stereocenters. The van der Waals surface area contributed by atoms with E-state index in [1.807, 2.05) is 42.3 Å². The Morgan fingerprint density at radius 1 is 1.31 bits per heavy atom. The molecule has 0 bridgehead atoms. The molecule has 0 aliphatic carbocycles. The van der Waals surface area contributed by atoms with E-state index in [1.165, 1.54) is 0 Å². The van der Waals surface area contributed by atoms with Crippen molar-refractivity contribution in [2.75, 3.05) is 45.4 Å². The number of hydrogen-bond acceptors (Lipinski definition) is 6. The highest BCUT2D eigenvalue weighted by molar-refractivity contribution is 5.93. The third-order valence-corrected chi connectivity index (χ3v) is 5.35. The van der Waals surface area contributed by atoms with Gasteiger partial charge >= 0.3 is 0 Å². The van der Waals surface area contributed by atoms with Gasteiger partial charge in [-0.2, -0.15) is 0 Å². The Kier molecular flexibility index (Phi) is 5.85. The number of nitrogens with one attached hydrogen (secondary N) is 1. The summed E-state index contributed by atoms with van der Waals surface area (Å²) in [5, 5.41) is 3.06. The summed E-state index contributed by atoms with van der Waals surface area (Å²) in [5.74, 6) is 2.12. The highest BCUT2D eigenvalue weighted by atomic mass is 16.5. The molecule has 2 aliphatic heterocycles. The molecule has 4 rings (SSSR count). The molecule has 0 radical (unpaired) electrons. The first-order valence-corrected chi connectivity index (χ1v) is 10.0. The Hall–Kier alpha value is -2.80. The minimum Gasteiger partial charge on any atom is -0.497 e. The number of ether oxygens (including phenoxy) is 3. The van der Waals surface area contributed by atoms with Crippen LogP contribution in [0.15, 0.2) is 30.3 Å². The number of likely N-dealkylation sites (N-methyl/N-ethyl adjacent to an activating group) is 1. The second-order valence-corrected chi connectivity index (χ2v) is 7.50. The van der Waals surface area contributed by atoms with Crippen molar-refractivity contribution in [2.45, 2.75) is 25.3 Å². The van der Waals surface area contributed by atoms with Crippen LogP contribution >= 0.6 is 0 Å². The van der Waals surface area contributed by atoms with Gasteiger partial charge in [-0.25, -0.2) is 4.98 Å². The maximum atomic E-state index is 12.9. The van der Waals surface area contributed by atoms with Gasteiger partial charge in [0.15, 0.2) is 11.6 Å². The second kappa shape index (κ2) is 8.69. The van der Waals surface area contributed by atoms with E-state index in [0.717, 1.165) is 48.6 Å². The van der Waals surface area contributed by atoms with Crippen molar-refractivity contribution in [1.29, 1.82) is 0 Å². The topological polar surface area (TPSA) is 72.9 Å². The molecule has 1 aromatic heterocycles. The van der Waals surface area contributed by atoms with Crippen LogP contribution in [0.2, 0.25) is 0 Å². The van der Waals surface area contributed by atoms with Crippen molar-refractivity contribution >= 4 is 11.7 Å². The van der Waals surface area contributed by atoms with Crippen LogP contribution in [-0.4, -0.2) is 57.5 Å². The predicted molar refractivity (Wildman–Crippen MR) is 110 cm³/mol. The summed E-state index contributed by atoms with van der Waals surface area (Å²) in [6.07, 6.45) is 2.54. The summed E-state index contributed by atoms with van der Waals surface area (Å²) in [7, 11) is 3.63. The number of methoxy groups -OCH3 is 1. The Labute approximate surface area is 171 Å². The summed E-state index contributed by atoms with van der Waals surface area (Å²) in [6.45, 7) is 2.66. The van der Waals surface area contributed by atoms with Gasteiger partial charge in [0.25, 0.3) is 5.91 Å². The van der Waals surface area contributed by atoms with E-state index in [0.29, 0.717) is 31.1 Å². The largest absolute Gasteiger partial charge is 0.497 e. The maximum Gasteiger partial charge on any atom is 0.270 e. The minimum atomic E-state index is -0.168. The Balaban J connectivity index is 1.62. The molecular formula is C22H27N3O4. The van der Waals surface area contributed by atoms with Crippen LogP contribution in [0.5, 0.6) is 11.5 Å². The fraction of sp³-hybridized carbons (Fsp3) is 0.455. The van der Waals surface area contributed by atoms with E-state index in [4.69, 9.17) is 14.2 Å². The highest BCUT2D eigenvalue weighted by Crippen LogP contribution is 2.34. The van der Waals surface area contributed by atoms with E-state index >= 15 is 0 Å². The predicted octanol–water partition coefficient (Wildman–Crippen LogP) is 2.42. The molecule has 0 saturated carbocycles. The number of rotatable bonds is 5. The van der Waals surface area contributed by atoms with Crippen LogP contribution in [0, 0.1) is 0 Å². The normalized spacial score (nSPS) is 18.6. The van der Waals surface area contributed by atoms with Crippen molar-refractivity contribution < 1.29 is 19.0 Å². The van der Waals surface area contributed by atoms with E-state index < -0.39 is 0 Å². The van der Waals surface area contributed by atoms with Gasteiger partial charge in [-0.15, -0.1) is 0 Å². The molecule has 1 saturated heterocycles. The average Bonchev–Trinajstić information content (AvgIpc) is 2.75. The van der Waals surface area contributed by atoms with E-state index in [-0.39, 0.29) is 11.9 Å². The summed E-state index contributed by atoms with van der Waals surface area (Å²) in [6, 6.07) is 9.81. The summed E-state index contributed by atoms with van der Waals surface area (Å²) in [4.78, 5) is 19.5. The molecule has 1 fully saturated rings. The molecule has 7 heteroatoms. The van der Waals surface area contributed by atoms with Crippen LogP contribution in [0.3, 0.4) is 0 Å². The van der Waals surface area contributed by atoms with E-state index in [9.17, 15) is 4.79 Å². The standard InChI is InChI=1S/C22H27N3O4/c1-25-9-11-29-20-16(12-15-5-7-18(27-2)8-6-15)13-19(24-21(20)25)22(26)23-17-4-3-10-28-14-17/h5-8,13,17H,3-4,9-12,14H2,1-2H3,(H,23,26)/t17-/m1/s1. The second-order valence-electron chi connectivity index (χ2n) is 7.50. The van der Waals surface area contributed by atoms with Gasteiger partial charge in [-0.3, -0.25) is 4.79 Å². The number of amides is 1. The van der Waals surface area contributed by atoms with Gasteiger partial charge < -0.3 is 24.4 Å². The first kappa shape index (κ1) is 19.5. The van der Waals surface area contributed by atoms with Crippen molar-refractivity contribution in [3.05, 3.63) is 47.2 Å². The number of nitrogens with zero attached hydrogens (tertiary/aromatic N) is 2. The SMILES string of the molecule is COc1ccc(Cc2cc(C(=O)N[C@@H]3CCCOC3)nc3c2OCCN3C)cc1. The number of benzene rings is 1. The molecule has 3 heterocycles. The molecule has 2 aliphatic rings. The van der Waals surface area contributed by atoms with Gasteiger partial charge in [-0.1, -0.05) is 12.1 Å².